The first-order valence-corrected chi connectivity index (χ1v) is 7.08. The number of esters is 1. The summed E-state index contributed by atoms with van der Waals surface area (Å²) in [7, 11) is 0. The molecule has 0 amide bonds. The van der Waals surface area contributed by atoms with E-state index in [9.17, 15) is 4.79 Å². The van der Waals surface area contributed by atoms with Gasteiger partial charge in [0.1, 0.15) is 0 Å². The molecule has 0 unspecified atom stereocenters. The van der Waals surface area contributed by atoms with Gasteiger partial charge in [-0.15, -0.1) is 0 Å². The van der Waals surface area contributed by atoms with E-state index in [2.05, 4.69) is 6.92 Å². The lowest BCUT2D eigenvalue weighted by Gasteiger charge is -2.30. The molecule has 0 aliphatic heterocycles. The van der Waals surface area contributed by atoms with E-state index in [1.54, 1.807) is 0 Å². The predicted octanol–water partition coefficient (Wildman–Crippen LogP) is 3.02. The zero-order chi connectivity index (χ0) is 12.6. The Hall–Kier alpha value is -0.570. The van der Waals surface area contributed by atoms with Gasteiger partial charge in [0.25, 0.3) is 0 Å². The molecule has 0 heterocycles. The lowest BCUT2D eigenvalue weighted by Crippen LogP contribution is -2.33. The van der Waals surface area contributed by atoms with Crippen molar-refractivity contribution >= 4 is 5.97 Å². The Bertz CT molecular complexity index is 220. The van der Waals surface area contributed by atoms with Crippen molar-refractivity contribution in [2.24, 2.45) is 11.1 Å². The van der Waals surface area contributed by atoms with Crippen LogP contribution in [0, 0.1) is 5.41 Å². The lowest BCUT2D eigenvalue weighted by atomic mass is 9.77. The van der Waals surface area contributed by atoms with Crippen LogP contribution in [0.25, 0.3) is 0 Å². The van der Waals surface area contributed by atoms with Gasteiger partial charge in [-0.3, -0.25) is 4.79 Å². The molecule has 3 heteroatoms. The van der Waals surface area contributed by atoms with Crippen molar-refractivity contribution < 1.29 is 9.53 Å². The molecule has 0 aromatic rings. The summed E-state index contributed by atoms with van der Waals surface area (Å²) >= 11 is 0. The molecule has 0 saturated heterocycles. The average Bonchev–Trinajstić information content (AvgIpc) is 2.56. The van der Waals surface area contributed by atoms with Crippen LogP contribution in [0.4, 0.5) is 0 Å². The molecule has 17 heavy (non-hydrogen) atoms. The van der Waals surface area contributed by atoms with Crippen molar-refractivity contribution in [3.8, 4) is 0 Å². The predicted molar refractivity (Wildman–Crippen MR) is 69.7 cm³/mol. The van der Waals surface area contributed by atoms with E-state index in [1.807, 2.05) is 0 Å². The number of carbonyl (C=O) groups excluding carboxylic acids is 1. The van der Waals surface area contributed by atoms with Crippen molar-refractivity contribution in [2.75, 3.05) is 13.2 Å². The van der Waals surface area contributed by atoms with E-state index in [4.69, 9.17) is 10.5 Å². The van der Waals surface area contributed by atoms with Gasteiger partial charge in [-0.25, -0.2) is 0 Å². The van der Waals surface area contributed by atoms with Gasteiger partial charge >= 0.3 is 5.97 Å². The number of carbonyl (C=O) groups is 1. The number of hydrogen-bond acceptors (Lipinski definition) is 3. The third-order valence-electron chi connectivity index (χ3n) is 3.88. The minimum atomic E-state index is -0.0502. The van der Waals surface area contributed by atoms with Crippen LogP contribution in [0.5, 0.6) is 0 Å². The second kappa shape index (κ2) is 7.70. The van der Waals surface area contributed by atoms with Gasteiger partial charge in [0.2, 0.25) is 0 Å². The third-order valence-corrected chi connectivity index (χ3v) is 3.88. The molecule has 100 valence electrons. The van der Waals surface area contributed by atoms with Crippen LogP contribution >= 0.6 is 0 Å². The van der Waals surface area contributed by atoms with Crippen LogP contribution in [0.2, 0.25) is 0 Å². The highest BCUT2D eigenvalue weighted by atomic mass is 16.5. The first-order valence-electron chi connectivity index (χ1n) is 7.08. The maximum Gasteiger partial charge on any atom is 0.306 e. The molecule has 1 aliphatic carbocycles. The van der Waals surface area contributed by atoms with Crippen molar-refractivity contribution in [1.29, 1.82) is 0 Å². The van der Waals surface area contributed by atoms with Gasteiger partial charge < -0.3 is 10.5 Å². The maximum atomic E-state index is 11.8. The van der Waals surface area contributed by atoms with Crippen LogP contribution < -0.4 is 5.73 Å². The molecule has 1 saturated carbocycles. The summed E-state index contributed by atoms with van der Waals surface area (Å²) < 4.78 is 5.26. The fraction of sp³-hybridized carbons (Fsp3) is 0.929. The zero-order valence-electron chi connectivity index (χ0n) is 11.2. The van der Waals surface area contributed by atoms with Crippen LogP contribution in [0.1, 0.15) is 64.7 Å². The van der Waals surface area contributed by atoms with Crippen molar-refractivity contribution in [1.82, 2.24) is 0 Å². The minimum absolute atomic E-state index is 0.0276. The van der Waals surface area contributed by atoms with E-state index in [1.165, 1.54) is 25.7 Å². The number of nitrogens with two attached hydrogens (primary N) is 1. The van der Waals surface area contributed by atoms with E-state index in [-0.39, 0.29) is 11.4 Å². The van der Waals surface area contributed by atoms with Crippen molar-refractivity contribution in [3.05, 3.63) is 0 Å². The molecule has 1 rings (SSSR count). The molecule has 0 aromatic heterocycles. The van der Waals surface area contributed by atoms with Crippen molar-refractivity contribution in [2.45, 2.75) is 64.7 Å². The van der Waals surface area contributed by atoms with Gasteiger partial charge in [-0.2, -0.15) is 0 Å². The maximum absolute atomic E-state index is 11.8. The second-order valence-corrected chi connectivity index (χ2v) is 5.37. The van der Waals surface area contributed by atoms with Gasteiger partial charge in [0.15, 0.2) is 0 Å². The van der Waals surface area contributed by atoms with Crippen LogP contribution in [0.15, 0.2) is 0 Å². The van der Waals surface area contributed by atoms with Crippen molar-refractivity contribution in [3.63, 3.8) is 0 Å². The summed E-state index contributed by atoms with van der Waals surface area (Å²) in [5.41, 5.74) is 5.93. The Morgan fingerprint density at radius 2 is 1.88 bits per heavy atom. The average molecular weight is 241 g/mol. The van der Waals surface area contributed by atoms with E-state index >= 15 is 0 Å². The standard InChI is InChI=1S/C14H27NO2/c1-2-3-10-17-13(16)11-14(12-15)8-6-4-5-7-9-14/h2-12,15H2,1H3. The van der Waals surface area contributed by atoms with Gasteiger partial charge in [-0.1, -0.05) is 39.0 Å². The number of hydrogen-bond donors (Lipinski definition) is 1. The third kappa shape index (κ3) is 5.07. The Kier molecular flexibility index (Phi) is 6.56. The van der Waals surface area contributed by atoms with Crippen LogP contribution in [-0.4, -0.2) is 19.1 Å². The Morgan fingerprint density at radius 3 is 2.41 bits per heavy atom. The molecule has 0 atom stereocenters. The molecule has 3 nitrogen and oxygen atoms in total. The molecule has 1 fully saturated rings. The Balaban J connectivity index is 2.40. The number of ether oxygens (including phenoxy) is 1. The van der Waals surface area contributed by atoms with Gasteiger partial charge in [0, 0.05) is 0 Å². The molecule has 2 N–H and O–H groups in total. The summed E-state index contributed by atoms with van der Waals surface area (Å²) in [4.78, 5) is 11.8. The molecule has 1 aliphatic rings. The van der Waals surface area contributed by atoms with Crippen LogP contribution in [-0.2, 0) is 9.53 Å². The second-order valence-electron chi connectivity index (χ2n) is 5.37. The molecule has 0 spiro atoms. The molecular formula is C14H27NO2. The lowest BCUT2D eigenvalue weighted by molar-refractivity contribution is -0.146. The Labute approximate surface area is 105 Å². The monoisotopic (exact) mass is 241 g/mol. The summed E-state index contributed by atoms with van der Waals surface area (Å²) in [6.07, 6.45) is 9.71. The largest absolute Gasteiger partial charge is 0.466 e. The van der Waals surface area contributed by atoms with E-state index in [0.29, 0.717) is 19.6 Å². The highest BCUT2D eigenvalue weighted by Crippen LogP contribution is 2.37. The highest BCUT2D eigenvalue weighted by Gasteiger charge is 2.32. The van der Waals surface area contributed by atoms with Gasteiger partial charge in [0.05, 0.1) is 13.0 Å². The number of unbranched alkanes of at least 4 members (excludes halogenated alkanes) is 1. The quantitative estimate of drug-likeness (QED) is 0.442. The highest BCUT2D eigenvalue weighted by molar-refractivity contribution is 5.70. The summed E-state index contributed by atoms with van der Waals surface area (Å²) in [6.45, 7) is 3.28. The summed E-state index contributed by atoms with van der Waals surface area (Å²) in [5, 5.41) is 0. The van der Waals surface area contributed by atoms with E-state index in [0.717, 1.165) is 25.7 Å². The molecule has 0 aromatic carbocycles. The summed E-state index contributed by atoms with van der Waals surface area (Å²) in [5.74, 6) is -0.0502. The zero-order valence-corrected chi connectivity index (χ0v) is 11.2. The Morgan fingerprint density at radius 1 is 1.24 bits per heavy atom. The summed E-state index contributed by atoms with van der Waals surface area (Å²) in [6, 6.07) is 0. The fourth-order valence-corrected chi connectivity index (χ4v) is 2.62. The van der Waals surface area contributed by atoms with Crippen LogP contribution in [0.3, 0.4) is 0 Å². The molecule has 0 bridgehead atoms. The first-order chi connectivity index (χ1) is 8.22. The molecular weight excluding hydrogens is 214 g/mol. The SMILES string of the molecule is CCCCOC(=O)CC1(CN)CCCCCC1. The first kappa shape index (κ1) is 14.5. The number of rotatable bonds is 6. The van der Waals surface area contributed by atoms with Gasteiger partial charge in [-0.05, 0) is 31.2 Å². The fourth-order valence-electron chi connectivity index (χ4n) is 2.62. The normalized spacial score (nSPS) is 19.6. The molecule has 0 radical (unpaired) electrons. The minimum Gasteiger partial charge on any atom is -0.466 e. The van der Waals surface area contributed by atoms with E-state index < -0.39 is 0 Å². The smallest absolute Gasteiger partial charge is 0.306 e. The topological polar surface area (TPSA) is 52.3 Å².